The van der Waals surface area contributed by atoms with Crippen LogP contribution in [0.3, 0.4) is 0 Å². The first-order valence-corrected chi connectivity index (χ1v) is 11.7. The highest BCUT2D eigenvalue weighted by Crippen LogP contribution is 2.42. The van der Waals surface area contributed by atoms with Crippen molar-refractivity contribution in [2.75, 3.05) is 6.54 Å². The first kappa shape index (κ1) is 31.2. The lowest BCUT2D eigenvalue weighted by Gasteiger charge is -2.19. The van der Waals surface area contributed by atoms with Crippen LogP contribution in [0.15, 0.2) is 36.4 Å². The first-order chi connectivity index (χ1) is 16.9. The Bertz CT molecular complexity index is 1190. The minimum absolute atomic E-state index is 0.170. The van der Waals surface area contributed by atoms with E-state index >= 15 is 0 Å². The second-order valence-corrected chi connectivity index (χ2v) is 9.49. The molecule has 2 aromatic rings. The summed E-state index contributed by atoms with van der Waals surface area (Å²) in [5.74, 6) is -6.70. The number of carbonyl (C=O) groups excluding carboxylic acids is 2. The SMILES string of the molecule is C[C@@H](CC(=O)c1ccc(/C(F)=C/C(c2cc(Cl)c(Cl)c(Cl)c2)C(F)(F)F)cc1Cl)C(=O)NCC(F)(F)F. The molecule has 0 fully saturated rings. The molecule has 0 spiro atoms. The summed E-state index contributed by atoms with van der Waals surface area (Å²) in [6, 6.07) is 4.74. The second kappa shape index (κ2) is 12.2. The zero-order valence-corrected chi connectivity index (χ0v) is 21.5. The number of nitrogens with one attached hydrogen (secondary N) is 1. The van der Waals surface area contributed by atoms with E-state index < -0.39 is 65.8 Å². The molecule has 1 amide bonds. The van der Waals surface area contributed by atoms with Crippen LogP contribution in [0.1, 0.15) is 40.7 Å². The van der Waals surface area contributed by atoms with E-state index in [4.69, 9.17) is 46.4 Å². The van der Waals surface area contributed by atoms with Crippen LogP contribution in [0.25, 0.3) is 5.83 Å². The van der Waals surface area contributed by atoms with Crippen molar-refractivity contribution in [1.29, 1.82) is 0 Å². The lowest BCUT2D eigenvalue weighted by molar-refractivity contribution is -0.140. The van der Waals surface area contributed by atoms with Crippen molar-refractivity contribution in [2.45, 2.75) is 31.6 Å². The van der Waals surface area contributed by atoms with Crippen LogP contribution in [0.2, 0.25) is 20.1 Å². The summed E-state index contributed by atoms with van der Waals surface area (Å²) in [7, 11) is 0. The molecule has 2 rings (SSSR count). The molecule has 37 heavy (non-hydrogen) atoms. The van der Waals surface area contributed by atoms with Gasteiger partial charge in [0.25, 0.3) is 0 Å². The maximum Gasteiger partial charge on any atom is 0.405 e. The molecule has 0 bridgehead atoms. The van der Waals surface area contributed by atoms with Crippen molar-refractivity contribution >= 4 is 63.9 Å². The molecule has 0 aliphatic heterocycles. The molecule has 0 aliphatic carbocycles. The Hall–Kier alpha value is -2.01. The third-order valence-electron chi connectivity index (χ3n) is 4.98. The Balaban J connectivity index is 2.27. The summed E-state index contributed by atoms with van der Waals surface area (Å²) < 4.78 is 92.7. The molecule has 0 saturated carbocycles. The summed E-state index contributed by atoms with van der Waals surface area (Å²) in [5.41, 5.74) is -1.06. The molecule has 2 atom stereocenters. The zero-order valence-electron chi connectivity index (χ0n) is 18.5. The number of benzene rings is 2. The fourth-order valence-corrected chi connectivity index (χ4v) is 4.01. The van der Waals surface area contributed by atoms with Gasteiger partial charge in [0.2, 0.25) is 5.91 Å². The molecular weight excluding hydrogens is 597 g/mol. The highest BCUT2D eigenvalue weighted by Gasteiger charge is 2.40. The Labute approximate surface area is 226 Å². The number of carbonyl (C=O) groups is 2. The highest BCUT2D eigenvalue weighted by atomic mass is 35.5. The lowest BCUT2D eigenvalue weighted by atomic mass is 9.95. The van der Waals surface area contributed by atoms with Crippen molar-refractivity contribution in [3.05, 3.63) is 73.2 Å². The van der Waals surface area contributed by atoms with E-state index in [-0.39, 0.29) is 31.7 Å². The van der Waals surface area contributed by atoms with Gasteiger partial charge in [-0.15, -0.1) is 0 Å². The molecule has 0 radical (unpaired) electrons. The number of alkyl halides is 6. The van der Waals surface area contributed by atoms with Gasteiger partial charge in [-0.3, -0.25) is 9.59 Å². The number of hydrogen-bond acceptors (Lipinski definition) is 2. The molecular formula is C23H16Cl4F7NO2. The zero-order chi connectivity index (χ0) is 28.3. The predicted octanol–water partition coefficient (Wildman–Crippen LogP) is 8.84. The number of halogens is 11. The third kappa shape index (κ3) is 8.77. The minimum atomic E-state index is -4.94. The van der Waals surface area contributed by atoms with Crippen LogP contribution < -0.4 is 5.32 Å². The average Bonchev–Trinajstić information content (AvgIpc) is 2.77. The number of ketones is 1. The number of allylic oxidation sites excluding steroid dienone is 1. The molecule has 0 saturated heterocycles. The number of Topliss-reactive ketones (excluding diaryl/α,β-unsaturated/α-hetero) is 1. The van der Waals surface area contributed by atoms with Crippen LogP contribution in [-0.2, 0) is 4.79 Å². The largest absolute Gasteiger partial charge is 0.405 e. The second-order valence-electron chi connectivity index (χ2n) is 7.89. The maximum absolute atomic E-state index is 14.9. The Morgan fingerprint density at radius 3 is 2.00 bits per heavy atom. The summed E-state index contributed by atoms with van der Waals surface area (Å²) >= 11 is 23.4. The average molecular weight is 613 g/mol. The molecule has 3 nitrogen and oxygen atoms in total. The van der Waals surface area contributed by atoms with Gasteiger partial charge in [0.15, 0.2) is 5.78 Å². The van der Waals surface area contributed by atoms with Crippen LogP contribution in [-0.4, -0.2) is 30.6 Å². The quantitative estimate of drug-likeness (QED) is 0.184. The monoisotopic (exact) mass is 611 g/mol. The molecule has 0 aliphatic rings. The molecule has 0 aromatic heterocycles. The summed E-state index contributed by atoms with van der Waals surface area (Å²) in [5, 5.41) is 0.613. The number of rotatable bonds is 8. The van der Waals surface area contributed by atoms with Crippen molar-refractivity contribution in [2.24, 2.45) is 5.92 Å². The number of hydrogen-bond donors (Lipinski definition) is 1. The van der Waals surface area contributed by atoms with Crippen LogP contribution in [0, 0.1) is 5.92 Å². The Morgan fingerprint density at radius 2 is 1.51 bits per heavy atom. The molecule has 2 aromatic carbocycles. The standard InChI is InChI=1S/C23H16Cl4F7NO2/c1-10(21(37)35-9-22(29,30)31)4-19(36)13-3-2-11(5-15(13)24)18(28)8-14(23(32,33)34)12-6-16(25)20(27)17(26)7-12/h2-3,5-8,10,14H,4,9H2,1H3,(H,35,37)/b18-8-/t10-,14?/m0/s1. The van der Waals surface area contributed by atoms with E-state index in [1.54, 1.807) is 5.32 Å². The van der Waals surface area contributed by atoms with Crippen molar-refractivity contribution in [1.82, 2.24) is 5.32 Å². The lowest BCUT2D eigenvalue weighted by Crippen LogP contribution is -2.37. The summed E-state index contributed by atoms with van der Waals surface area (Å²) in [4.78, 5) is 24.2. The van der Waals surface area contributed by atoms with Gasteiger partial charge in [-0.1, -0.05) is 59.4 Å². The molecule has 14 heteroatoms. The van der Waals surface area contributed by atoms with Gasteiger partial charge < -0.3 is 5.32 Å². The van der Waals surface area contributed by atoms with E-state index in [0.29, 0.717) is 0 Å². The van der Waals surface area contributed by atoms with E-state index in [1.165, 1.54) is 6.92 Å². The van der Waals surface area contributed by atoms with Gasteiger partial charge in [0.05, 0.1) is 20.1 Å². The van der Waals surface area contributed by atoms with Crippen molar-refractivity contribution < 1.29 is 40.3 Å². The van der Waals surface area contributed by atoms with Gasteiger partial charge in [-0.25, -0.2) is 4.39 Å². The maximum atomic E-state index is 14.9. The van der Waals surface area contributed by atoms with Crippen molar-refractivity contribution in [3.8, 4) is 0 Å². The third-order valence-corrected chi connectivity index (χ3v) is 6.49. The van der Waals surface area contributed by atoms with Gasteiger partial charge in [0.1, 0.15) is 18.3 Å². The van der Waals surface area contributed by atoms with Gasteiger partial charge >= 0.3 is 12.4 Å². The predicted molar refractivity (Wildman–Crippen MR) is 128 cm³/mol. The summed E-state index contributed by atoms with van der Waals surface area (Å²) in [6.45, 7) is -0.348. The van der Waals surface area contributed by atoms with E-state index in [2.05, 4.69) is 0 Å². The molecule has 202 valence electrons. The normalized spacial score (nSPS) is 14.3. The van der Waals surface area contributed by atoms with E-state index in [1.807, 2.05) is 0 Å². The Kier molecular flexibility index (Phi) is 10.3. The van der Waals surface area contributed by atoms with Gasteiger partial charge in [-0.05, 0) is 35.9 Å². The minimum Gasteiger partial charge on any atom is -0.347 e. The topological polar surface area (TPSA) is 46.2 Å². The summed E-state index contributed by atoms with van der Waals surface area (Å²) in [6.07, 6.45) is -9.82. The van der Waals surface area contributed by atoms with Crippen LogP contribution in [0.4, 0.5) is 30.7 Å². The molecule has 0 heterocycles. The van der Waals surface area contributed by atoms with Gasteiger partial charge in [0, 0.05) is 23.5 Å². The van der Waals surface area contributed by atoms with Crippen LogP contribution >= 0.6 is 46.4 Å². The van der Waals surface area contributed by atoms with Crippen molar-refractivity contribution in [3.63, 3.8) is 0 Å². The fourth-order valence-electron chi connectivity index (χ4n) is 3.11. The van der Waals surface area contributed by atoms with E-state index in [9.17, 15) is 40.3 Å². The van der Waals surface area contributed by atoms with E-state index in [0.717, 1.165) is 30.3 Å². The fraction of sp³-hybridized carbons (Fsp3) is 0.304. The first-order valence-electron chi connectivity index (χ1n) is 10.2. The Morgan fingerprint density at radius 1 is 0.946 bits per heavy atom. The highest BCUT2D eigenvalue weighted by molar-refractivity contribution is 6.48. The smallest absolute Gasteiger partial charge is 0.347 e. The molecule has 1 unspecified atom stereocenters. The van der Waals surface area contributed by atoms with Crippen LogP contribution in [0.5, 0.6) is 0 Å². The molecule has 1 N–H and O–H groups in total. The van der Waals surface area contributed by atoms with Gasteiger partial charge in [-0.2, -0.15) is 26.3 Å². The number of amides is 1.